The van der Waals surface area contributed by atoms with Crippen molar-refractivity contribution in [2.75, 3.05) is 0 Å². The van der Waals surface area contributed by atoms with Gasteiger partial charge < -0.3 is 0 Å². The molecule has 0 aliphatic rings. The van der Waals surface area contributed by atoms with E-state index >= 15 is 0 Å². The summed E-state index contributed by atoms with van der Waals surface area (Å²) in [4.78, 5) is 16.2. The standard InChI is InChI=1S/C49H29N3S2/c1-2-12-30(13-3-1)31-24-26-33(27-25-31)35-29-28-32-14-4-5-15-34(32)44(35)49-51-47(40-20-10-18-38-36-16-6-8-22-42(36)53-45(38)40)50-48(52-49)41-21-11-19-39-37-17-7-9-23-43(37)54-46(39)41/h1-29H. The fourth-order valence-electron chi connectivity index (χ4n) is 7.80. The topological polar surface area (TPSA) is 38.7 Å². The van der Waals surface area contributed by atoms with Gasteiger partial charge >= 0.3 is 0 Å². The largest absolute Gasteiger partial charge is 0.208 e. The van der Waals surface area contributed by atoms with Gasteiger partial charge in [-0.1, -0.05) is 152 Å². The van der Waals surface area contributed by atoms with Gasteiger partial charge in [-0.15, -0.1) is 22.7 Å². The van der Waals surface area contributed by atoms with Crippen molar-refractivity contribution in [1.82, 2.24) is 15.0 Å². The zero-order chi connectivity index (χ0) is 35.6. The zero-order valence-electron chi connectivity index (χ0n) is 28.9. The van der Waals surface area contributed by atoms with E-state index in [1.54, 1.807) is 22.7 Å². The predicted octanol–water partition coefficient (Wildman–Crippen LogP) is 14.1. The average molecular weight is 724 g/mol. The van der Waals surface area contributed by atoms with E-state index in [9.17, 15) is 0 Å². The Kier molecular flexibility index (Phi) is 7.22. The molecule has 11 rings (SSSR count). The third-order valence-electron chi connectivity index (χ3n) is 10.4. The molecule has 0 aliphatic heterocycles. The molecule has 3 heterocycles. The van der Waals surface area contributed by atoms with Crippen molar-refractivity contribution in [3.05, 3.63) is 176 Å². The molecule has 3 nitrogen and oxygen atoms in total. The SMILES string of the molecule is c1ccc(-c2ccc(-c3ccc4ccccc4c3-c3nc(-c4cccc5c4sc4ccccc45)nc(-c4cccc5c4sc4ccccc45)n3)cc2)cc1. The third-order valence-corrected chi connectivity index (χ3v) is 12.8. The highest BCUT2D eigenvalue weighted by molar-refractivity contribution is 7.26. The summed E-state index contributed by atoms with van der Waals surface area (Å²) in [5.41, 5.74) is 7.58. The first-order valence-corrected chi connectivity index (χ1v) is 19.7. The van der Waals surface area contributed by atoms with Gasteiger partial charge in [-0.2, -0.15) is 0 Å². The number of hydrogen-bond acceptors (Lipinski definition) is 5. The van der Waals surface area contributed by atoms with Crippen molar-refractivity contribution < 1.29 is 0 Å². The molecule has 0 fully saturated rings. The number of aromatic nitrogens is 3. The molecule has 0 amide bonds. The molecular formula is C49H29N3S2. The van der Waals surface area contributed by atoms with Crippen molar-refractivity contribution in [1.29, 1.82) is 0 Å². The van der Waals surface area contributed by atoms with E-state index in [1.165, 1.54) is 51.5 Å². The summed E-state index contributed by atoms with van der Waals surface area (Å²) in [7, 11) is 0. The number of nitrogens with zero attached hydrogens (tertiary/aromatic N) is 3. The fraction of sp³-hybridized carbons (Fsp3) is 0. The maximum atomic E-state index is 5.43. The number of fused-ring (bicyclic) bond motifs is 7. The maximum absolute atomic E-state index is 5.43. The van der Waals surface area contributed by atoms with Gasteiger partial charge in [-0.25, -0.2) is 15.0 Å². The van der Waals surface area contributed by atoms with Gasteiger partial charge in [0.05, 0.1) is 0 Å². The minimum Gasteiger partial charge on any atom is -0.208 e. The second-order valence-electron chi connectivity index (χ2n) is 13.5. The summed E-state index contributed by atoms with van der Waals surface area (Å²) in [5, 5.41) is 7.17. The van der Waals surface area contributed by atoms with Crippen LogP contribution in [0.25, 0.3) is 108 Å². The first-order chi connectivity index (χ1) is 26.8. The molecule has 5 heteroatoms. The Morgan fingerprint density at radius 2 is 0.778 bits per heavy atom. The molecule has 0 saturated heterocycles. The van der Waals surface area contributed by atoms with E-state index in [-0.39, 0.29) is 0 Å². The predicted molar refractivity (Wildman–Crippen MR) is 230 cm³/mol. The van der Waals surface area contributed by atoms with Crippen LogP contribution < -0.4 is 0 Å². The van der Waals surface area contributed by atoms with E-state index < -0.39 is 0 Å². The summed E-state index contributed by atoms with van der Waals surface area (Å²) in [6.45, 7) is 0. The molecule has 3 aromatic heterocycles. The summed E-state index contributed by atoms with van der Waals surface area (Å²) < 4.78 is 4.85. The fourth-order valence-corrected chi connectivity index (χ4v) is 10.2. The van der Waals surface area contributed by atoms with Gasteiger partial charge in [0.2, 0.25) is 0 Å². The molecular weight excluding hydrogens is 695 g/mol. The lowest BCUT2D eigenvalue weighted by atomic mass is 9.92. The van der Waals surface area contributed by atoms with Gasteiger partial charge in [0, 0.05) is 57.0 Å². The quantitative estimate of drug-likeness (QED) is 0.177. The number of hydrogen-bond donors (Lipinski definition) is 0. The molecule has 0 spiro atoms. The summed E-state index contributed by atoms with van der Waals surface area (Å²) >= 11 is 3.59. The first kappa shape index (κ1) is 31.0. The Labute approximate surface area is 319 Å². The Morgan fingerprint density at radius 1 is 0.296 bits per heavy atom. The molecule has 0 aliphatic carbocycles. The molecule has 0 saturated carbocycles. The Bertz CT molecular complexity index is 3080. The molecule has 8 aromatic carbocycles. The van der Waals surface area contributed by atoms with Gasteiger partial charge in [0.25, 0.3) is 0 Å². The molecule has 0 bridgehead atoms. The first-order valence-electron chi connectivity index (χ1n) is 18.0. The molecule has 0 N–H and O–H groups in total. The van der Waals surface area contributed by atoms with E-state index in [4.69, 9.17) is 15.0 Å². The van der Waals surface area contributed by atoms with E-state index in [2.05, 4.69) is 176 Å². The summed E-state index contributed by atoms with van der Waals surface area (Å²) in [6.07, 6.45) is 0. The Hall–Kier alpha value is -6.53. The van der Waals surface area contributed by atoms with Crippen LogP contribution in [0.2, 0.25) is 0 Å². The van der Waals surface area contributed by atoms with Crippen LogP contribution in [0.15, 0.2) is 176 Å². The van der Waals surface area contributed by atoms with Crippen LogP contribution in [0.4, 0.5) is 0 Å². The monoisotopic (exact) mass is 723 g/mol. The second-order valence-corrected chi connectivity index (χ2v) is 15.6. The molecule has 11 aromatic rings. The Balaban J connectivity index is 1.20. The van der Waals surface area contributed by atoms with Crippen molar-refractivity contribution in [2.45, 2.75) is 0 Å². The van der Waals surface area contributed by atoms with Crippen LogP contribution in [0.5, 0.6) is 0 Å². The molecule has 0 radical (unpaired) electrons. The molecule has 54 heavy (non-hydrogen) atoms. The highest BCUT2D eigenvalue weighted by Crippen LogP contribution is 2.44. The highest BCUT2D eigenvalue weighted by atomic mass is 32.1. The van der Waals surface area contributed by atoms with Crippen molar-refractivity contribution >= 4 is 73.8 Å². The number of thiophene rings is 2. The van der Waals surface area contributed by atoms with Gasteiger partial charge in [-0.05, 0) is 57.3 Å². The summed E-state index contributed by atoms with van der Waals surface area (Å²) in [5.74, 6) is 2.00. The van der Waals surface area contributed by atoms with Crippen molar-refractivity contribution in [3.63, 3.8) is 0 Å². The average Bonchev–Trinajstić information content (AvgIpc) is 3.82. The third kappa shape index (κ3) is 5.05. The zero-order valence-corrected chi connectivity index (χ0v) is 30.5. The Morgan fingerprint density at radius 3 is 1.41 bits per heavy atom. The minimum atomic E-state index is 0.658. The van der Waals surface area contributed by atoms with Crippen molar-refractivity contribution in [2.24, 2.45) is 0 Å². The molecule has 252 valence electrons. The lowest BCUT2D eigenvalue weighted by Gasteiger charge is -2.15. The smallest absolute Gasteiger partial charge is 0.165 e. The van der Waals surface area contributed by atoms with Gasteiger partial charge in [0.1, 0.15) is 0 Å². The van der Waals surface area contributed by atoms with Crippen LogP contribution >= 0.6 is 22.7 Å². The molecule has 0 unspecified atom stereocenters. The lowest BCUT2D eigenvalue weighted by molar-refractivity contribution is 1.08. The normalized spacial score (nSPS) is 11.7. The number of rotatable bonds is 5. The van der Waals surface area contributed by atoms with Gasteiger partial charge in [0.15, 0.2) is 17.5 Å². The van der Waals surface area contributed by atoms with E-state index in [0.717, 1.165) is 38.6 Å². The van der Waals surface area contributed by atoms with Crippen molar-refractivity contribution in [3.8, 4) is 56.4 Å². The van der Waals surface area contributed by atoms with Crippen LogP contribution in [0.1, 0.15) is 0 Å². The second kappa shape index (κ2) is 12.6. The molecule has 0 atom stereocenters. The van der Waals surface area contributed by atoms with Gasteiger partial charge in [-0.3, -0.25) is 0 Å². The maximum Gasteiger partial charge on any atom is 0.165 e. The highest BCUT2D eigenvalue weighted by Gasteiger charge is 2.22. The van der Waals surface area contributed by atoms with Crippen LogP contribution in [0, 0.1) is 0 Å². The van der Waals surface area contributed by atoms with Crippen LogP contribution in [0.3, 0.4) is 0 Å². The van der Waals surface area contributed by atoms with Crippen LogP contribution in [-0.2, 0) is 0 Å². The minimum absolute atomic E-state index is 0.658. The number of benzene rings is 8. The van der Waals surface area contributed by atoms with E-state index in [0.29, 0.717) is 17.5 Å². The van der Waals surface area contributed by atoms with E-state index in [1.807, 2.05) is 0 Å². The lowest BCUT2D eigenvalue weighted by Crippen LogP contribution is -2.02. The van der Waals surface area contributed by atoms with Crippen LogP contribution in [-0.4, -0.2) is 15.0 Å². The summed E-state index contributed by atoms with van der Waals surface area (Å²) in [6, 6.07) is 62.6.